The van der Waals surface area contributed by atoms with Crippen molar-refractivity contribution in [1.82, 2.24) is 4.98 Å². The summed E-state index contributed by atoms with van der Waals surface area (Å²) >= 11 is 0. The van der Waals surface area contributed by atoms with Gasteiger partial charge in [0.15, 0.2) is 34.9 Å². The van der Waals surface area contributed by atoms with Gasteiger partial charge < -0.3 is 34.4 Å². The van der Waals surface area contributed by atoms with E-state index in [4.69, 9.17) is 18.9 Å². The molecular formula is C50H66N2O11. The van der Waals surface area contributed by atoms with Crippen LogP contribution in [0.15, 0.2) is 60.9 Å². The zero-order chi connectivity index (χ0) is 47.5. The molecule has 2 heterocycles. The maximum Gasteiger partial charge on any atom is 0.309 e. The summed E-state index contributed by atoms with van der Waals surface area (Å²) in [6, 6.07) is 15.3. The Kier molecular flexibility index (Phi) is 18.7. The molecule has 0 saturated heterocycles. The second-order valence-corrected chi connectivity index (χ2v) is 17.2. The fraction of sp³-hybridized carbons (Fsp3) is 0.480. The highest BCUT2D eigenvalue weighted by molar-refractivity contribution is 5.99. The summed E-state index contributed by atoms with van der Waals surface area (Å²) in [5.41, 5.74) is 6.40. The molecule has 13 nitrogen and oxygen atoms in total. The van der Waals surface area contributed by atoms with Gasteiger partial charge in [0.1, 0.15) is 12.2 Å². The molecule has 0 saturated carbocycles. The topological polar surface area (TPSA) is 185 Å². The minimum absolute atomic E-state index is 0.00585. The highest BCUT2D eigenvalue weighted by Gasteiger charge is 2.33. The third kappa shape index (κ3) is 13.3. The molecule has 63 heavy (non-hydrogen) atoms. The number of hydrogen-bond acceptors (Lipinski definition) is 12. The lowest BCUT2D eigenvalue weighted by Crippen LogP contribution is -2.35. The van der Waals surface area contributed by atoms with Gasteiger partial charge in [-0.2, -0.15) is 4.73 Å². The monoisotopic (exact) mass is 870 g/mol. The second-order valence-electron chi connectivity index (χ2n) is 17.2. The highest BCUT2D eigenvalue weighted by atomic mass is 16.5. The predicted octanol–water partition coefficient (Wildman–Crippen LogP) is 9.22. The highest BCUT2D eigenvalue weighted by Crippen LogP contribution is 2.35. The Morgan fingerprint density at radius 3 is 1.48 bits per heavy atom. The molecule has 0 bridgehead atoms. The first-order chi connectivity index (χ1) is 29.5. The third-order valence-electron chi connectivity index (χ3n) is 11.3. The first kappa shape index (κ1) is 51.4. The average Bonchev–Trinajstić information content (AvgIpc) is 3.19. The molecule has 4 aromatic rings. The van der Waals surface area contributed by atoms with E-state index in [2.05, 4.69) is 76.9 Å². The summed E-state index contributed by atoms with van der Waals surface area (Å²) in [7, 11) is 2.71. The summed E-state index contributed by atoms with van der Waals surface area (Å²) in [5.74, 6) is -3.71. The summed E-state index contributed by atoms with van der Waals surface area (Å²) in [4.78, 5) is 54.7. The molecule has 2 N–H and O–H groups in total. The normalized spacial score (nSPS) is 14.0. The number of aromatic nitrogens is 2. The molecule has 6 atom stereocenters. The van der Waals surface area contributed by atoms with E-state index in [1.54, 1.807) is 13.8 Å². The molecule has 2 aromatic heterocycles. The number of methoxy groups -OCH3 is 2. The number of aryl methyl sites for hydroxylation is 4. The maximum absolute atomic E-state index is 12.8. The standard InChI is InChI=1S/C25H33NO6.C25H33NO5/c1-14(2)22(19-9-8-15(3)12-16(19)4)18(6)32-25(29)17(5)13-20(27)23-24(28)21(31-7)10-11-26(23)30;1-14(2)22(19-9-8-15(3)12-16(19)4)18(6)31-25(29)17(5)13-20(27)23-24(28)21(30-7)10-11-26-23/h8-12,14,17-18,22,28H,13H2,1-7H3;8-12,14,17-18,22,28H,13H2,1-7H3/t2*17-,18+,22+/m11/s1. The number of aromatic hydroxyl groups is 2. The quantitative estimate of drug-likeness (QED) is 0.0419. The number of carbonyl (C=O) groups is 4. The van der Waals surface area contributed by atoms with Gasteiger partial charge in [-0.1, -0.05) is 89.1 Å². The molecule has 0 fully saturated rings. The summed E-state index contributed by atoms with van der Waals surface area (Å²) in [6.07, 6.45) is 1.31. The smallest absolute Gasteiger partial charge is 0.309 e. The van der Waals surface area contributed by atoms with Gasteiger partial charge in [-0.15, -0.1) is 0 Å². The molecule has 2 aromatic carbocycles. The number of ketones is 2. The van der Waals surface area contributed by atoms with Crippen molar-refractivity contribution in [2.75, 3.05) is 14.2 Å². The van der Waals surface area contributed by atoms with Crippen molar-refractivity contribution in [3.05, 3.63) is 111 Å². The second kappa shape index (κ2) is 22.9. The molecule has 4 rings (SSSR count). The van der Waals surface area contributed by atoms with Crippen LogP contribution in [-0.2, 0) is 19.1 Å². The molecule has 0 aliphatic rings. The van der Waals surface area contributed by atoms with E-state index in [0.29, 0.717) is 0 Å². The van der Waals surface area contributed by atoms with E-state index in [0.717, 1.165) is 22.9 Å². The largest absolute Gasteiger partial charge is 0.618 e. The van der Waals surface area contributed by atoms with Gasteiger partial charge in [-0.3, -0.25) is 19.2 Å². The van der Waals surface area contributed by atoms with Crippen LogP contribution in [0, 0.1) is 56.6 Å². The lowest BCUT2D eigenvalue weighted by molar-refractivity contribution is -0.608. The van der Waals surface area contributed by atoms with Crippen molar-refractivity contribution < 1.29 is 53.1 Å². The number of Topliss-reactive ketones (excluding diaryl/α,β-unsaturated/α-hetero) is 2. The molecule has 0 amide bonds. The zero-order valence-electron chi connectivity index (χ0n) is 39.3. The Labute approximate surface area is 372 Å². The van der Waals surface area contributed by atoms with Gasteiger partial charge in [0.05, 0.1) is 26.1 Å². The molecular weight excluding hydrogens is 805 g/mol. The first-order valence-electron chi connectivity index (χ1n) is 21.4. The number of benzene rings is 2. The average molecular weight is 871 g/mol. The van der Waals surface area contributed by atoms with E-state index in [-0.39, 0.29) is 70.3 Å². The lowest BCUT2D eigenvalue weighted by Gasteiger charge is -2.30. The predicted molar refractivity (Wildman–Crippen MR) is 240 cm³/mol. The maximum atomic E-state index is 12.8. The number of ether oxygens (including phenoxy) is 4. The van der Waals surface area contributed by atoms with E-state index in [1.165, 1.54) is 49.2 Å². The van der Waals surface area contributed by atoms with Crippen LogP contribution in [0.5, 0.6) is 23.0 Å². The number of esters is 2. The lowest BCUT2D eigenvalue weighted by atomic mass is 9.82. The Morgan fingerprint density at radius 2 is 1.06 bits per heavy atom. The van der Waals surface area contributed by atoms with Gasteiger partial charge in [-0.05, 0) is 75.6 Å². The van der Waals surface area contributed by atoms with E-state index < -0.39 is 52.9 Å². The number of nitrogens with zero attached hydrogens (tertiary/aromatic N) is 2. The van der Waals surface area contributed by atoms with Gasteiger partial charge in [0.2, 0.25) is 11.5 Å². The molecule has 0 spiro atoms. The number of pyridine rings is 2. The van der Waals surface area contributed by atoms with E-state index >= 15 is 0 Å². The van der Waals surface area contributed by atoms with Crippen molar-refractivity contribution >= 4 is 23.5 Å². The SMILES string of the molecule is COc1cc[n+]([O-])c(C(=O)C[C@@H](C)C(=O)O[C@@H](C)[C@@H](c2ccc(C)cc2C)C(C)C)c1O.COc1ccnc(C(=O)C[C@@H](C)C(=O)O[C@@H](C)[C@@H](c2ccc(C)cc2C)C(C)C)c1O. The van der Waals surface area contributed by atoms with E-state index in [9.17, 15) is 34.6 Å². The number of rotatable bonds is 18. The van der Waals surface area contributed by atoms with Crippen LogP contribution in [0.4, 0.5) is 0 Å². The minimum atomic E-state index is -0.789. The van der Waals surface area contributed by atoms with Crippen LogP contribution < -0.4 is 14.2 Å². The number of carbonyl (C=O) groups excluding carboxylic acids is 4. The van der Waals surface area contributed by atoms with Crippen molar-refractivity contribution in [3.63, 3.8) is 0 Å². The Hall–Kier alpha value is -5.98. The Balaban J connectivity index is 0.000000335. The first-order valence-corrected chi connectivity index (χ1v) is 21.4. The fourth-order valence-electron chi connectivity index (χ4n) is 8.10. The van der Waals surface area contributed by atoms with Crippen LogP contribution in [0.3, 0.4) is 0 Å². The zero-order valence-corrected chi connectivity index (χ0v) is 39.3. The van der Waals surface area contributed by atoms with Gasteiger partial charge in [-0.25, -0.2) is 4.98 Å². The van der Waals surface area contributed by atoms with Crippen LogP contribution in [0.25, 0.3) is 0 Å². The number of hydrogen-bond donors (Lipinski definition) is 2. The summed E-state index contributed by atoms with van der Waals surface area (Å²) in [5, 5.41) is 32.3. The van der Waals surface area contributed by atoms with Crippen molar-refractivity contribution in [2.24, 2.45) is 23.7 Å². The van der Waals surface area contributed by atoms with Crippen LogP contribution >= 0.6 is 0 Å². The van der Waals surface area contributed by atoms with Crippen molar-refractivity contribution in [2.45, 2.75) is 120 Å². The van der Waals surface area contributed by atoms with Crippen LogP contribution in [-0.4, -0.2) is 65.1 Å². The minimum Gasteiger partial charge on any atom is -0.618 e. The fourth-order valence-corrected chi connectivity index (χ4v) is 8.10. The Bertz CT molecular complexity index is 2230. The van der Waals surface area contributed by atoms with Crippen LogP contribution in [0.2, 0.25) is 0 Å². The van der Waals surface area contributed by atoms with Crippen LogP contribution in [0.1, 0.15) is 134 Å². The summed E-state index contributed by atoms with van der Waals surface area (Å²) in [6.45, 7) is 23.6. The molecule has 0 radical (unpaired) electrons. The molecule has 13 heteroatoms. The van der Waals surface area contributed by atoms with Crippen molar-refractivity contribution in [1.29, 1.82) is 0 Å². The van der Waals surface area contributed by atoms with Crippen molar-refractivity contribution in [3.8, 4) is 23.0 Å². The van der Waals surface area contributed by atoms with Gasteiger partial charge in [0, 0.05) is 43.0 Å². The van der Waals surface area contributed by atoms with Gasteiger partial charge in [0.25, 0.3) is 0 Å². The van der Waals surface area contributed by atoms with E-state index in [1.807, 2.05) is 33.8 Å². The Morgan fingerprint density at radius 1 is 0.635 bits per heavy atom. The summed E-state index contributed by atoms with van der Waals surface area (Å²) < 4.78 is 21.8. The molecule has 342 valence electrons. The molecule has 0 aliphatic heterocycles. The molecule has 0 aliphatic carbocycles. The molecule has 0 unspecified atom stereocenters. The third-order valence-corrected chi connectivity index (χ3v) is 11.3. The van der Waals surface area contributed by atoms with Gasteiger partial charge >= 0.3 is 17.6 Å².